The molecule has 15 heteroatoms. The molecule has 3 atom stereocenters. The number of carboxylic acids is 5. The molecule has 1 aromatic rings. The highest BCUT2D eigenvalue weighted by Gasteiger charge is 2.38. The normalized spacial score (nSPS) is 18.0. The highest BCUT2D eigenvalue weighted by atomic mass is 16.4. The van der Waals surface area contributed by atoms with Crippen molar-refractivity contribution >= 4 is 35.5 Å². The minimum atomic E-state index is -1.27. The Morgan fingerprint density at radius 3 is 1.57 bits per heavy atom. The van der Waals surface area contributed by atoms with Gasteiger partial charge in [-0.3, -0.25) is 38.7 Å². The lowest BCUT2D eigenvalue weighted by Gasteiger charge is -2.45. The van der Waals surface area contributed by atoms with Crippen LogP contribution in [0, 0.1) is 5.53 Å². The maximum atomic E-state index is 11.9. The van der Waals surface area contributed by atoms with E-state index in [-0.39, 0.29) is 13.0 Å². The second-order valence-electron chi connectivity index (χ2n) is 9.76. The van der Waals surface area contributed by atoms with Gasteiger partial charge in [0, 0.05) is 24.7 Å². The molecule has 6 N–H and O–H groups in total. The Bertz CT molecular complexity index is 1030. The van der Waals surface area contributed by atoms with Crippen LogP contribution in [0.4, 0.5) is 5.69 Å². The van der Waals surface area contributed by atoms with E-state index in [0.29, 0.717) is 36.9 Å². The fourth-order valence-electron chi connectivity index (χ4n) is 5.29. The third kappa shape index (κ3) is 10.7. The van der Waals surface area contributed by atoms with Gasteiger partial charge in [0.2, 0.25) is 0 Å². The van der Waals surface area contributed by atoms with Crippen LogP contribution in [-0.2, 0) is 30.4 Å². The van der Waals surface area contributed by atoms with E-state index >= 15 is 0 Å². The fourth-order valence-corrected chi connectivity index (χ4v) is 5.29. The highest BCUT2D eigenvalue weighted by molar-refractivity contribution is 5.73. The quantitative estimate of drug-likeness (QED) is 0.136. The van der Waals surface area contributed by atoms with E-state index in [2.05, 4.69) is 5.11 Å². The molecular formula is C25H35N5O10. The summed E-state index contributed by atoms with van der Waals surface area (Å²) in [5.41, 5.74) is 8.18. The standard InChI is InChI=1S/C25H35N5O10/c26-27-17-7-5-16(6-8-17)9-18(28(11-21(31)32)12-22(33)34)10-29(13-23(35)36)19-3-1-2-4-20(19)30(14-24(37)38)15-25(39)40/h5-8,18-20,26H,1-4,9-15H2,(H,31,32)(H,33,34)(H,35,36)(H,37,38)(H,39,40). The lowest BCUT2D eigenvalue weighted by molar-refractivity contribution is -0.146. The first-order chi connectivity index (χ1) is 18.9. The van der Waals surface area contributed by atoms with Crippen LogP contribution in [-0.4, -0.2) is 127 Å². The second kappa shape index (κ2) is 15.6. The summed E-state index contributed by atoms with van der Waals surface area (Å²) in [6.45, 7) is -2.96. The molecule has 3 unspecified atom stereocenters. The summed E-state index contributed by atoms with van der Waals surface area (Å²) in [4.78, 5) is 62.4. The molecule has 0 heterocycles. The predicted molar refractivity (Wildman–Crippen MR) is 138 cm³/mol. The van der Waals surface area contributed by atoms with E-state index in [1.165, 1.54) is 9.80 Å². The van der Waals surface area contributed by atoms with Crippen LogP contribution in [0.5, 0.6) is 0 Å². The van der Waals surface area contributed by atoms with Gasteiger partial charge in [-0.2, -0.15) is 5.11 Å². The molecule has 1 aliphatic carbocycles. The molecular weight excluding hydrogens is 530 g/mol. The smallest absolute Gasteiger partial charge is 0.317 e. The van der Waals surface area contributed by atoms with Crippen molar-refractivity contribution in [3.63, 3.8) is 0 Å². The Kier molecular flexibility index (Phi) is 12.6. The van der Waals surface area contributed by atoms with E-state index in [9.17, 15) is 49.5 Å². The van der Waals surface area contributed by atoms with Gasteiger partial charge in [-0.05, 0) is 37.0 Å². The van der Waals surface area contributed by atoms with E-state index in [4.69, 9.17) is 5.53 Å². The molecule has 2 rings (SSSR count). The highest BCUT2D eigenvalue weighted by Crippen LogP contribution is 2.28. The van der Waals surface area contributed by atoms with Crippen LogP contribution in [0.15, 0.2) is 29.4 Å². The van der Waals surface area contributed by atoms with Crippen LogP contribution in [0.2, 0.25) is 0 Å². The molecule has 0 bridgehead atoms. The van der Waals surface area contributed by atoms with Crippen molar-refractivity contribution < 1.29 is 49.5 Å². The average Bonchev–Trinajstić information content (AvgIpc) is 2.86. The summed E-state index contributed by atoms with van der Waals surface area (Å²) in [5.74, 6) is -6.21. The number of hydrogen-bond donors (Lipinski definition) is 6. The summed E-state index contributed by atoms with van der Waals surface area (Å²) < 4.78 is 0. The zero-order valence-corrected chi connectivity index (χ0v) is 21.9. The zero-order valence-electron chi connectivity index (χ0n) is 21.9. The Morgan fingerprint density at radius 2 is 1.15 bits per heavy atom. The lowest BCUT2D eigenvalue weighted by Crippen LogP contribution is -2.59. The van der Waals surface area contributed by atoms with Crippen LogP contribution in [0.1, 0.15) is 31.2 Å². The van der Waals surface area contributed by atoms with Crippen LogP contribution in [0.25, 0.3) is 0 Å². The van der Waals surface area contributed by atoms with Crippen molar-refractivity contribution in [2.24, 2.45) is 5.11 Å². The average molecular weight is 566 g/mol. The molecule has 0 spiro atoms. The first-order valence-electron chi connectivity index (χ1n) is 12.7. The number of carboxylic acid groups (broad SMARTS) is 5. The predicted octanol–water partition coefficient (Wildman–Crippen LogP) is 0.900. The Morgan fingerprint density at radius 1 is 0.725 bits per heavy atom. The van der Waals surface area contributed by atoms with Gasteiger partial charge in [-0.25, -0.2) is 5.53 Å². The molecule has 1 aliphatic rings. The maximum absolute atomic E-state index is 11.9. The van der Waals surface area contributed by atoms with Crippen molar-refractivity contribution in [2.75, 3.05) is 39.3 Å². The summed E-state index contributed by atoms with van der Waals surface area (Å²) in [6.07, 6.45) is 2.37. The topological polar surface area (TPSA) is 232 Å². The zero-order chi connectivity index (χ0) is 29.8. The van der Waals surface area contributed by atoms with Gasteiger partial charge in [-0.1, -0.05) is 25.0 Å². The molecule has 0 radical (unpaired) electrons. The molecule has 1 saturated carbocycles. The summed E-state index contributed by atoms with van der Waals surface area (Å²) in [6, 6.07) is 4.48. The van der Waals surface area contributed by atoms with Gasteiger partial charge >= 0.3 is 29.8 Å². The van der Waals surface area contributed by atoms with Gasteiger partial charge in [0.25, 0.3) is 0 Å². The van der Waals surface area contributed by atoms with Crippen LogP contribution in [0.3, 0.4) is 0 Å². The second-order valence-corrected chi connectivity index (χ2v) is 9.76. The Labute approximate surface area is 230 Å². The molecule has 1 fully saturated rings. The summed E-state index contributed by atoms with van der Waals surface area (Å²) in [5, 5.41) is 50.9. The van der Waals surface area contributed by atoms with Gasteiger partial charge in [0.05, 0.1) is 38.4 Å². The molecule has 40 heavy (non-hydrogen) atoms. The number of carbonyl (C=O) groups is 5. The first-order valence-corrected chi connectivity index (χ1v) is 12.7. The van der Waals surface area contributed by atoms with Crippen LogP contribution < -0.4 is 0 Å². The number of hydrogen-bond acceptors (Lipinski definition) is 10. The van der Waals surface area contributed by atoms with Gasteiger partial charge in [0.15, 0.2) is 0 Å². The molecule has 0 aliphatic heterocycles. The monoisotopic (exact) mass is 565 g/mol. The minimum absolute atomic E-state index is 0.0768. The number of nitrogens with zero attached hydrogens (tertiary/aromatic N) is 4. The SMILES string of the molecule is N=Nc1ccc(CC(CN(CC(=O)O)C2CCCCC2N(CC(=O)O)CC(=O)O)N(CC(=O)O)CC(=O)O)cc1. The Hall–Kier alpha value is -3.95. The van der Waals surface area contributed by atoms with Gasteiger partial charge in [0.1, 0.15) is 0 Å². The molecule has 0 saturated heterocycles. The van der Waals surface area contributed by atoms with Crippen molar-refractivity contribution in [1.82, 2.24) is 14.7 Å². The molecule has 15 nitrogen and oxygen atoms in total. The van der Waals surface area contributed by atoms with Crippen molar-refractivity contribution in [3.05, 3.63) is 29.8 Å². The number of aliphatic carboxylic acids is 5. The Balaban J connectivity index is 2.50. The number of nitrogens with one attached hydrogen (secondary N) is 1. The lowest BCUT2D eigenvalue weighted by atomic mass is 9.87. The van der Waals surface area contributed by atoms with Gasteiger partial charge < -0.3 is 25.5 Å². The minimum Gasteiger partial charge on any atom is -0.480 e. The number of rotatable bonds is 18. The maximum Gasteiger partial charge on any atom is 0.317 e. The van der Waals surface area contributed by atoms with Crippen LogP contribution >= 0.6 is 0 Å². The summed E-state index contributed by atoms with van der Waals surface area (Å²) in [7, 11) is 0. The molecule has 0 aromatic heterocycles. The fraction of sp³-hybridized carbons (Fsp3) is 0.560. The van der Waals surface area contributed by atoms with Crippen molar-refractivity contribution in [2.45, 2.75) is 50.2 Å². The van der Waals surface area contributed by atoms with E-state index in [0.717, 1.165) is 0 Å². The van der Waals surface area contributed by atoms with E-state index < -0.39 is 80.7 Å². The third-order valence-corrected chi connectivity index (χ3v) is 6.82. The molecule has 0 amide bonds. The van der Waals surface area contributed by atoms with E-state index in [1.54, 1.807) is 29.2 Å². The number of benzene rings is 1. The third-order valence-electron chi connectivity index (χ3n) is 6.82. The van der Waals surface area contributed by atoms with Gasteiger partial charge in [-0.15, -0.1) is 0 Å². The van der Waals surface area contributed by atoms with Crippen molar-refractivity contribution in [3.8, 4) is 0 Å². The molecule has 1 aromatic carbocycles. The largest absolute Gasteiger partial charge is 0.480 e. The first kappa shape index (κ1) is 32.3. The summed E-state index contributed by atoms with van der Waals surface area (Å²) >= 11 is 0. The van der Waals surface area contributed by atoms with E-state index in [1.807, 2.05) is 0 Å². The van der Waals surface area contributed by atoms with Crippen molar-refractivity contribution in [1.29, 1.82) is 5.53 Å². The molecule has 220 valence electrons.